The minimum absolute atomic E-state index is 0.198. The van der Waals surface area contributed by atoms with Crippen LogP contribution in [-0.4, -0.2) is 27.6 Å². The van der Waals surface area contributed by atoms with Crippen molar-refractivity contribution in [1.29, 1.82) is 0 Å². The van der Waals surface area contributed by atoms with Gasteiger partial charge >= 0.3 is 5.97 Å². The van der Waals surface area contributed by atoms with Gasteiger partial charge in [0.1, 0.15) is 11.9 Å². The topological polar surface area (TPSA) is 66.2 Å². The van der Waals surface area contributed by atoms with Crippen LogP contribution in [-0.2, 0) is 16.0 Å². The van der Waals surface area contributed by atoms with Crippen molar-refractivity contribution in [3.05, 3.63) is 58.5 Å². The normalized spacial score (nSPS) is 16.6. The fourth-order valence-corrected chi connectivity index (χ4v) is 3.72. The molecule has 0 saturated carbocycles. The van der Waals surface area contributed by atoms with Gasteiger partial charge in [-0.2, -0.15) is 0 Å². The molecule has 1 aliphatic rings. The molecule has 0 bridgehead atoms. The van der Waals surface area contributed by atoms with E-state index in [4.69, 9.17) is 9.47 Å². The maximum Gasteiger partial charge on any atom is 0.314 e. The Morgan fingerprint density at radius 3 is 3.00 bits per heavy atom. The molecule has 0 N–H and O–H groups in total. The smallest absolute Gasteiger partial charge is 0.314 e. The summed E-state index contributed by atoms with van der Waals surface area (Å²) in [5.41, 5.74) is 2.13. The molecule has 6 nitrogen and oxygen atoms in total. The van der Waals surface area contributed by atoms with Crippen molar-refractivity contribution >= 4 is 17.3 Å². The molecule has 0 radical (unpaired) electrons. The summed E-state index contributed by atoms with van der Waals surface area (Å²) in [6, 6.07) is 9.24. The van der Waals surface area contributed by atoms with E-state index in [-0.39, 0.29) is 18.5 Å². The van der Waals surface area contributed by atoms with Gasteiger partial charge in [0.05, 0.1) is 31.1 Å². The zero-order valence-electron chi connectivity index (χ0n) is 12.8. The third kappa shape index (κ3) is 3.08. The molecule has 4 rings (SSSR count). The second kappa shape index (κ2) is 6.54. The monoisotopic (exact) mass is 341 g/mol. The largest absolute Gasteiger partial charge is 0.426 e. The highest BCUT2D eigenvalue weighted by Crippen LogP contribution is 2.34. The summed E-state index contributed by atoms with van der Waals surface area (Å²) >= 11 is 1.63. The molecular weight excluding hydrogens is 326 g/mol. The molecule has 122 valence electrons. The van der Waals surface area contributed by atoms with Gasteiger partial charge in [0.2, 0.25) is 0 Å². The Balaban J connectivity index is 1.40. The lowest BCUT2D eigenvalue weighted by atomic mass is 10.1. The molecule has 3 heterocycles. The van der Waals surface area contributed by atoms with E-state index >= 15 is 0 Å². The van der Waals surface area contributed by atoms with E-state index in [2.05, 4.69) is 16.4 Å². The lowest BCUT2D eigenvalue weighted by Gasteiger charge is -2.22. The Labute approximate surface area is 142 Å². The third-order valence-electron chi connectivity index (χ3n) is 3.87. The number of esters is 1. The van der Waals surface area contributed by atoms with Crippen LogP contribution in [0.3, 0.4) is 0 Å². The molecule has 0 fully saturated rings. The van der Waals surface area contributed by atoms with Gasteiger partial charge in [0, 0.05) is 4.88 Å². The van der Waals surface area contributed by atoms with Crippen LogP contribution in [0.25, 0.3) is 5.69 Å². The van der Waals surface area contributed by atoms with Gasteiger partial charge in [0.25, 0.3) is 0 Å². The number of carbonyl (C=O) groups excluding carboxylic acids is 1. The van der Waals surface area contributed by atoms with Crippen LogP contribution in [0.5, 0.6) is 5.75 Å². The molecule has 24 heavy (non-hydrogen) atoms. The molecule has 0 amide bonds. The van der Waals surface area contributed by atoms with Gasteiger partial charge in [0.15, 0.2) is 0 Å². The summed E-state index contributed by atoms with van der Waals surface area (Å²) in [4.78, 5) is 13.3. The molecule has 1 unspecified atom stereocenters. The molecule has 1 aromatic carbocycles. The fraction of sp³-hybridized carbons (Fsp3) is 0.235. The molecule has 3 aromatic rings. The number of carbonyl (C=O) groups is 1. The SMILES string of the molecule is O=C(CC1OCCc2ccsc21)Oc1ccc(-n2ccnn2)cc1. The van der Waals surface area contributed by atoms with Crippen LogP contribution >= 0.6 is 11.3 Å². The van der Waals surface area contributed by atoms with Crippen LogP contribution in [0.2, 0.25) is 0 Å². The zero-order valence-corrected chi connectivity index (χ0v) is 13.6. The van der Waals surface area contributed by atoms with Crippen molar-refractivity contribution in [3.63, 3.8) is 0 Å². The number of rotatable bonds is 4. The third-order valence-corrected chi connectivity index (χ3v) is 4.92. The van der Waals surface area contributed by atoms with E-state index in [0.29, 0.717) is 12.4 Å². The van der Waals surface area contributed by atoms with Gasteiger partial charge in [-0.1, -0.05) is 5.21 Å². The van der Waals surface area contributed by atoms with Crippen LogP contribution in [0.15, 0.2) is 48.1 Å². The predicted molar refractivity (Wildman–Crippen MR) is 88.3 cm³/mol. The second-order valence-corrected chi connectivity index (χ2v) is 6.39. The van der Waals surface area contributed by atoms with Crippen molar-refractivity contribution in [3.8, 4) is 11.4 Å². The number of hydrogen-bond acceptors (Lipinski definition) is 6. The number of nitrogens with zero attached hydrogens (tertiary/aromatic N) is 3. The van der Waals surface area contributed by atoms with E-state index in [1.807, 2.05) is 17.5 Å². The first-order valence-corrected chi connectivity index (χ1v) is 8.53. The summed E-state index contributed by atoms with van der Waals surface area (Å²) in [7, 11) is 0. The zero-order chi connectivity index (χ0) is 16.4. The van der Waals surface area contributed by atoms with Gasteiger partial charge < -0.3 is 9.47 Å². The number of aromatic nitrogens is 3. The second-order valence-electron chi connectivity index (χ2n) is 5.44. The maximum atomic E-state index is 12.2. The molecule has 7 heteroatoms. The predicted octanol–water partition coefficient (Wildman–Crippen LogP) is 2.94. The fourth-order valence-electron chi connectivity index (χ4n) is 2.71. The lowest BCUT2D eigenvalue weighted by molar-refractivity contribution is -0.137. The van der Waals surface area contributed by atoms with E-state index in [1.54, 1.807) is 40.5 Å². The number of ether oxygens (including phenoxy) is 2. The van der Waals surface area contributed by atoms with Crippen LogP contribution in [0.1, 0.15) is 23.0 Å². The van der Waals surface area contributed by atoms with Crippen molar-refractivity contribution < 1.29 is 14.3 Å². The van der Waals surface area contributed by atoms with Gasteiger partial charge in [-0.05, 0) is 47.7 Å². The molecule has 0 spiro atoms. The van der Waals surface area contributed by atoms with Crippen LogP contribution in [0.4, 0.5) is 0 Å². The quantitative estimate of drug-likeness (QED) is 0.539. The Hall–Kier alpha value is -2.51. The highest BCUT2D eigenvalue weighted by Gasteiger charge is 2.25. The van der Waals surface area contributed by atoms with Crippen molar-refractivity contribution in [2.45, 2.75) is 18.9 Å². The molecule has 1 aliphatic heterocycles. The Bertz CT molecular complexity index is 827. The van der Waals surface area contributed by atoms with Crippen molar-refractivity contribution in [2.24, 2.45) is 0 Å². The highest BCUT2D eigenvalue weighted by molar-refractivity contribution is 7.10. The highest BCUT2D eigenvalue weighted by atomic mass is 32.1. The number of thiophene rings is 1. The average molecular weight is 341 g/mol. The lowest BCUT2D eigenvalue weighted by Crippen LogP contribution is -2.19. The molecule has 2 aromatic heterocycles. The Morgan fingerprint density at radius 2 is 2.21 bits per heavy atom. The number of fused-ring (bicyclic) bond motifs is 1. The first-order valence-electron chi connectivity index (χ1n) is 7.65. The van der Waals surface area contributed by atoms with Gasteiger partial charge in [-0.15, -0.1) is 16.4 Å². The maximum absolute atomic E-state index is 12.2. The van der Waals surface area contributed by atoms with Crippen molar-refractivity contribution in [2.75, 3.05) is 6.61 Å². The van der Waals surface area contributed by atoms with Gasteiger partial charge in [-0.25, -0.2) is 4.68 Å². The van der Waals surface area contributed by atoms with E-state index < -0.39 is 0 Å². The first kappa shape index (κ1) is 15.0. The summed E-state index contributed by atoms with van der Waals surface area (Å²) in [6.07, 6.45) is 4.29. The summed E-state index contributed by atoms with van der Waals surface area (Å²) in [5, 5.41) is 9.72. The van der Waals surface area contributed by atoms with Crippen LogP contribution < -0.4 is 4.74 Å². The molecule has 0 saturated heterocycles. The summed E-state index contributed by atoms with van der Waals surface area (Å²) < 4.78 is 12.8. The molecular formula is C17H15N3O3S. The first-order chi connectivity index (χ1) is 11.8. The van der Waals surface area contributed by atoms with Crippen LogP contribution in [0, 0.1) is 0 Å². The van der Waals surface area contributed by atoms with Crippen molar-refractivity contribution in [1.82, 2.24) is 15.0 Å². The number of benzene rings is 1. The van der Waals surface area contributed by atoms with E-state index in [9.17, 15) is 4.79 Å². The Kier molecular flexibility index (Phi) is 4.10. The summed E-state index contributed by atoms with van der Waals surface area (Å²) in [5.74, 6) is 0.209. The Morgan fingerprint density at radius 1 is 1.33 bits per heavy atom. The standard InChI is InChI=1S/C17H15N3O3S/c21-16(11-15-17-12(5-9-22-15)6-10-24-17)23-14-3-1-13(2-4-14)20-8-7-18-19-20/h1-4,6-8,10,15H,5,9,11H2. The summed E-state index contributed by atoms with van der Waals surface area (Å²) in [6.45, 7) is 0.647. The minimum Gasteiger partial charge on any atom is -0.426 e. The van der Waals surface area contributed by atoms with E-state index in [0.717, 1.165) is 17.0 Å². The van der Waals surface area contributed by atoms with E-state index in [1.165, 1.54) is 5.56 Å². The molecule has 0 aliphatic carbocycles. The average Bonchev–Trinajstić information content (AvgIpc) is 3.27. The molecule has 1 atom stereocenters. The number of hydrogen-bond donors (Lipinski definition) is 0. The minimum atomic E-state index is -0.297. The van der Waals surface area contributed by atoms with Gasteiger partial charge in [-0.3, -0.25) is 4.79 Å².